The van der Waals surface area contributed by atoms with E-state index in [1.165, 1.54) is 0 Å². The molecule has 2 amide bonds. The van der Waals surface area contributed by atoms with Crippen molar-refractivity contribution in [2.24, 2.45) is 11.3 Å². The van der Waals surface area contributed by atoms with E-state index in [1.807, 2.05) is 95.3 Å². The van der Waals surface area contributed by atoms with Crippen molar-refractivity contribution in [3.8, 4) is 11.1 Å². The molecule has 0 aliphatic rings. The monoisotopic (exact) mass is 584 g/mol. The van der Waals surface area contributed by atoms with Crippen molar-refractivity contribution in [1.29, 1.82) is 0 Å². The highest BCUT2D eigenvalue weighted by Crippen LogP contribution is 2.26. The van der Waals surface area contributed by atoms with Crippen LogP contribution in [0, 0.1) is 18.3 Å². The standard InChI is InChI=1S/C36H44N2O5/c1-7-43-31(35(41)42)30(20-14-15-26-21-22-29(24(2)23-26)28-18-12-9-13-19-28)33(39)38-32(36(4,5)6)34(40)37-25(3)27-16-10-8-11-17-27/h8-19,21-23,25,30-32H,7,20H2,1-6H3,(H,37,40)(H,38,39)(H,41,42)/b15-14+/t25-,30-,31+,32-/m1/s1. The maximum atomic E-state index is 13.7. The van der Waals surface area contributed by atoms with Gasteiger partial charge in [0.25, 0.3) is 0 Å². The minimum atomic E-state index is -1.37. The van der Waals surface area contributed by atoms with Gasteiger partial charge in [-0.15, -0.1) is 0 Å². The molecule has 0 aliphatic heterocycles. The number of hydrogen-bond donors (Lipinski definition) is 3. The summed E-state index contributed by atoms with van der Waals surface area (Å²) in [6, 6.07) is 24.6. The van der Waals surface area contributed by atoms with Crippen LogP contribution in [0.15, 0.2) is 84.9 Å². The van der Waals surface area contributed by atoms with E-state index in [0.29, 0.717) is 0 Å². The fourth-order valence-electron chi connectivity index (χ4n) is 5.04. The second-order valence-electron chi connectivity index (χ2n) is 11.8. The lowest BCUT2D eigenvalue weighted by molar-refractivity contribution is -0.158. The van der Waals surface area contributed by atoms with Crippen LogP contribution in [0.5, 0.6) is 0 Å². The molecule has 228 valence electrons. The highest BCUT2D eigenvalue weighted by molar-refractivity contribution is 5.92. The van der Waals surface area contributed by atoms with Crippen LogP contribution in [-0.4, -0.2) is 41.6 Å². The predicted octanol–water partition coefficient (Wildman–Crippen LogP) is 6.58. The smallest absolute Gasteiger partial charge is 0.333 e. The molecule has 0 aromatic heterocycles. The summed E-state index contributed by atoms with van der Waals surface area (Å²) in [7, 11) is 0. The van der Waals surface area contributed by atoms with Gasteiger partial charge in [-0.1, -0.05) is 112 Å². The maximum Gasteiger partial charge on any atom is 0.333 e. The third-order valence-corrected chi connectivity index (χ3v) is 7.40. The fraction of sp³-hybridized carbons (Fsp3) is 0.361. The molecule has 7 heteroatoms. The van der Waals surface area contributed by atoms with Crippen LogP contribution in [0.2, 0.25) is 0 Å². The Labute approximate surface area is 255 Å². The second-order valence-corrected chi connectivity index (χ2v) is 11.8. The summed E-state index contributed by atoms with van der Waals surface area (Å²) in [6.07, 6.45) is 2.41. The summed E-state index contributed by atoms with van der Waals surface area (Å²) in [5.74, 6) is -3.18. The molecule has 0 radical (unpaired) electrons. The first kappa shape index (κ1) is 33.3. The molecule has 3 rings (SSSR count). The first-order valence-corrected chi connectivity index (χ1v) is 14.7. The van der Waals surface area contributed by atoms with Gasteiger partial charge in [-0.3, -0.25) is 9.59 Å². The van der Waals surface area contributed by atoms with Gasteiger partial charge in [0.2, 0.25) is 11.8 Å². The molecule has 43 heavy (non-hydrogen) atoms. The Morgan fingerprint density at radius 3 is 2.09 bits per heavy atom. The van der Waals surface area contributed by atoms with Crippen molar-refractivity contribution in [3.63, 3.8) is 0 Å². The van der Waals surface area contributed by atoms with Crippen LogP contribution < -0.4 is 10.6 Å². The van der Waals surface area contributed by atoms with Gasteiger partial charge >= 0.3 is 5.97 Å². The van der Waals surface area contributed by atoms with Crippen LogP contribution >= 0.6 is 0 Å². The van der Waals surface area contributed by atoms with E-state index in [1.54, 1.807) is 13.0 Å². The Morgan fingerprint density at radius 1 is 0.907 bits per heavy atom. The zero-order valence-corrected chi connectivity index (χ0v) is 26.0. The quantitative estimate of drug-likeness (QED) is 0.211. The fourth-order valence-corrected chi connectivity index (χ4v) is 5.04. The van der Waals surface area contributed by atoms with E-state index in [2.05, 4.69) is 34.9 Å². The average Bonchev–Trinajstić information content (AvgIpc) is 2.97. The molecule has 0 aliphatic carbocycles. The number of nitrogens with one attached hydrogen (secondary N) is 2. The molecular weight excluding hydrogens is 540 g/mol. The zero-order valence-electron chi connectivity index (χ0n) is 26.0. The lowest BCUT2D eigenvalue weighted by atomic mass is 9.85. The lowest BCUT2D eigenvalue weighted by Gasteiger charge is -2.33. The SMILES string of the molecule is CCO[C@H](C(=O)O)[C@@H](C/C=C/c1ccc(-c2ccccc2)c(C)c1)C(=O)N[C@H](C(=O)N[C@H](C)c1ccccc1)C(C)(C)C. The van der Waals surface area contributed by atoms with Crippen molar-refractivity contribution in [2.75, 3.05) is 6.61 Å². The van der Waals surface area contributed by atoms with Gasteiger partial charge in [-0.25, -0.2) is 4.79 Å². The number of rotatable bonds is 13. The van der Waals surface area contributed by atoms with Gasteiger partial charge in [0.05, 0.1) is 12.0 Å². The molecular formula is C36H44N2O5. The van der Waals surface area contributed by atoms with Crippen molar-refractivity contribution < 1.29 is 24.2 Å². The van der Waals surface area contributed by atoms with E-state index in [9.17, 15) is 19.5 Å². The van der Waals surface area contributed by atoms with Crippen LogP contribution in [0.3, 0.4) is 0 Å². The summed E-state index contributed by atoms with van der Waals surface area (Å²) < 4.78 is 5.53. The van der Waals surface area contributed by atoms with Crippen molar-refractivity contribution in [1.82, 2.24) is 10.6 Å². The van der Waals surface area contributed by atoms with Gasteiger partial charge in [-0.05, 0) is 60.4 Å². The molecule has 4 atom stereocenters. The summed E-state index contributed by atoms with van der Waals surface area (Å²) in [6.45, 7) is 11.3. The highest BCUT2D eigenvalue weighted by atomic mass is 16.5. The van der Waals surface area contributed by atoms with Crippen LogP contribution in [0.25, 0.3) is 17.2 Å². The number of allylic oxidation sites excluding steroid dienone is 1. The average molecular weight is 585 g/mol. The largest absolute Gasteiger partial charge is 0.479 e. The molecule has 0 fully saturated rings. The molecule has 0 saturated heterocycles. The van der Waals surface area contributed by atoms with Crippen LogP contribution in [0.4, 0.5) is 0 Å². The van der Waals surface area contributed by atoms with E-state index >= 15 is 0 Å². The maximum absolute atomic E-state index is 13.7. The first-order chi connectivity index (χ1) is 20.4. The number of carbonyl (C=O) groups is 3. The van der Waals surface area contributed by atoms with E-state index < -0.39 is 35.4 Å². The molecule has 0 unspecified atom stereocenters. The van der Waals surface area contributed by atoms with Gasteiger partial charge < -0.3 is 20.5 Å². The Balaban J connectivity index is 1.81. The lowest BCUT2D eigenvalue weighted by Crippen LogP contribution is -2.56. The van der Waals surface area contributed by atoms with Crippen molar-refractivity contribution >= 4 is 23.9 Å². The number of ether oxygens (including phenoxy) is 1. The van der Waals surface area contributed by atoms with Crippen LogP contribution in [0.1, 0.15) is 63.8 Å². The normalized spacial score (nSPS) is 14.5. The number of aliphatic carboxylic acids is 1. The third kappa shape index (κ3) is 9.38. The minimum absolute atomic E-state index is 0.112. The van der Waals surface area contributed by atoms with Gasteiger partial charge in [-0.2, -0.15) is 0 Å². The van der Waals surface area contributed by atoms with Gasteiger partial charge in [0.15, 0.2) is 6.10 Å². The van der Waals surface area contributed by atoms with E-state index in [4.69, 9.17) is 4.74 Å². The Kier molecular flexibility index (Phi) is 11.8. The van der Waals surface area contributed by atoms with E-state index in [-0.39, 0.29) is 25.0 Å². The molecule has 3 aromatic rings. The number of carbonyl (C=O) groups excluding carboxylic acids is 2. The molecule has 0 saturated carbocycles. The Morgan fingerprint density at radius 2 is 1.53 bits per heavy atom. The number of benzene rings is 3. The van der Waals surface area contributed by atoms with E-state index in [0.717, 1.165) is 27.8 Å². The molecule has 0 bridgehead atoms. The molecule has 3 N–H and O–H groups in total. The Bertz CT molecular complexity index is 1400. The number of hydrogen-bond acceptors (Lipinski definition) is 4. The number of carboxylic acids is 1. The molecule has 0 heterocycles. The molecule has 7 nitrogen and oxygen atoms in total. The zero-order chi connectivity index (χ0) is 31.6. The Hall–Kier alpha value is -4.23. The van der Waals surface area contributed by atoms with Crippen LogP contribution in [-0.2, 0) is 19.1 Å². The first-order valence-electron chi connectivity index (χ1n) is 14.7. The second kappa shape index (κ2) is 15.3. The van der Waals surface area contributed by atoms with Gasteiger partial charge in [0, 0.05) is 6.61 Å². The van der Waals surface area contributed by atoms with Crippen molar-refractivity contribution in [3.05, 3.63) is 102 Å². The number of aryl methyl sites for hydroxylation is 1. The molecule has 0 spiro atoms. The number of amides is 2. The summed E-state index contributed by atoms with van der Waals surface area (Å²) >= 11 is 0. The predicted molar refractivity (Wildman–Crippen MR) is 171 cm³/mol. The topological polar surface area (TPSA) is 105 Å². The highest BCUT2D eigenvalue weighted by Gasteiger charge is 2.39. The number of carboxylic acid groups (broad SMARTS) is 1. The third-order valence-electron chi connectivity index (χ3n) is 7.40. The minimum Gasteiger partial charge on any atom is -0.479 e. The molecule has 3 aromatic carbocycles. The summed E-state index contributed by atoms with van der Waals surface area (Å²) in [4.78, 5) is 39.3. The summed E-state index contributed by atoms with van der Waals surface area (Å²) in [5.41, 5.74) is 4.59. The summed E-state index contributed by atoms with van der Waals surface area (Å²) in [5, 5.41) is 15.8. The van der Waals surface area contributed by atoms with Crippen molar-refractivity contribution in [2.45, 2.75) is 66.2 Å². The van der Waals surface area contributed by atoms with Gasteiger partial charge in [0.1, 0.15) is 6.04 Å².